The number of nitrogens with zero attached hydrogens (tertiary/aromatic N) is 3. The van der Waals surface area contributed by atoms with Crippen molar-refractivity contribution in [2.45, 2.75) is 49.7 Å². The lowest BCUT2D eigenvalue weighted by molar-refractivity contribution is -0.0430. The van der Waals surface area contributed by atoms with Crippen LogP contribution in [0.1, 0.15) is 24.8 Å². The van der Waals surface area contributed by atoms with Crippen LogP contribution in [0.2, 0.25) is 0 Å². The van der Waals surface area contributed by atoms with Gasteiger partial charge in [-0.05, 0) is 25.2 Å². The lowest BCUT2D eigenvalue weighted by Gasteiger charge is -2.17. The molecular formula is C14H25B2N3O4. The summed E-state index contributed by atoms with van der Waals surface area (Å²) < 4.78 is 24.4. The van der Waals surface area contributed by atoms with Gasteiger partial charge in [-0.25, -0.2) is 4.68 Å². The first kappa shape index (κ1) is 16.9. The van der Waals surface area contributed by atoms with E-state index in [1.165, 1.54) is 0 Å². The molecule has 2 aliphatic rings. The average molecular weight is 321 g/mol. The number of hydrogen-bond donors (Lipinski definition) is 0. The van der Waals surface area contributed by atoms with Crippen LogP contribution in [0.15, 0.2) is 6.20 Å². The van der Waals surface area contributed by atoms with Gasteiger partial charge in [0.2, 0.25) is 0 Å². The molecule has 126 valence electrons. The molecule has 2 unspecified atom stereocenters. The van der Waals surface area contributed by atoms with Crippen molar-refractivity contribution in [1.82, 2.24) is 15.0 Å². The molecule has 6 atom stereocenters. The van der Waals surface area contributed by atoms with Crippen molar-refractivity contribution in [3.05, 3.63) is 11.9 Å². The Morgan fingerprint density at radius 1 is 1.26 bits per heavy atom. The molecule has 0 saturated carbocycles. The molecule has 2 saturated heterocycles. The van der Waals surface area contributed by atoms with E-state index in [-0.39, 0.29) is 30.4 Å². The van der Waals surface area contributed by atoms with Gasteiger partial charge in [-0.15, -0.1) is 5.10 Å². The molecule has 0 aliphatic carbocycles. The fourth-order valence-corrected chi connectivity index (χ4v) is 3.67. The zero-order valence-electron chi connectivity index (χ0n) is 14.3. The Bertz CT molecular complexity index is 518. The van der Waals surface area contributed by atoms with E-state index in [0.717, 1.165) is 25.0 Å². The van der Waals surface area contributed by atoms with Gasteiger partial charge in [0.25, 0.3) is 0 Å². The highest BCUT2D eigenvalue weighted by atomic mass is 16.6. The van der Waals surface area contributed by atoms with Gasteiger partial charge in [-0.1, -0.05) is 5.21 Å². The van der Waals surface area contributed by atoms with Gasteiger partial charge >= 0.3 is 0 Å². The van der Waals surface area contributed by atoms with Crippen LogP contribution in [0.5, 0.6) is 0 Å². The summed E-state index contributed by atoms with van der Waals surface area (Å²) in [6.07, 6.45) is 4.69. The molecule has 3 rings (SSSR count). The maximum absolute atomic E-state index is 5.92. The molecule has 0 amide bonds. The van der Waals surface area contributed by atoms with Gasteiger partial charge in [0.1, 0.15) is 21.8 Å². The third-order valence-corrected chi connectivity index (χ3v) is 4.75. The van der Waals surface area contributed by atoms with Crippen molar-refractivity contribution in [2.24, 2.45) is 5.92 Å². The number of aromatic nitrogens is 3. The van der Waals surface area contributed by atoms with Crippen molar-refractivity contribution < 1.29 is 18.9 Å². The minimum atomic E-state index is -0.190. The third-order valence-electron chi connectivity index (χ3n) is 4.75. The summed E-state index contributed by atoms with van der Waals surface area (Å²) in [5, 5.41) is 8.57. The minimum Gasteiger partial charge on any atom is -0.382 e. The van der Waals surface area contributed by atoms with E-state index < -0.39 is 0 Å². The molecule has 0 aromatic carbocycles. The average Bonchev–Trinajstić information content (AvgIpc) is 3.19. The zero-order chi connectivity index (χ0) is 16.4. The van der Waals surface area contributed by atoms with E-state index in [1.807, 2.05) is 6.20 Å². The van der Waals surface area contributed by atoms with Crippen molar-refractivity contribution in [1.29, 1.82) is 0 Å². The lowest BCUT2D eigenvalue weighted by atomic mass is 9.88. The van der Waals surface area contributed by atoms with Crippen LogP contribution in [0.3, 0.4) is 0 Å². The minimum absolute atomic E-state index is 0.0237. The van der Waals surface area contributed by atoms with Gasteiger partial charge < -0.3 is 18.9 Å². The predicted molar refractivity (Wildman–Crippen MR) is 88.8 cm³/mol. The molecule has 0 N–H and O–H groups in total. The van der Waals surface area contributed by atoms with Gasteiger partial charge in [-0.2, -0.15) is 0 Å². The molecule has 2 fully saturated rings. The summed E-state index contributed by atoms with van der Waals surface area (Å²) in [7, 11) is 7.58. The van der Waals surface area contributed by atoms with Crippen LogP contribution in [0, 0.1) is 5.92 Å². The van der Waals surface area contributed by atoms with Crippen molar-refractivity contribution >= 4 is 15.7 Å². The van der Waals surface area contributed by atoms with E-state index in [1.54, 1.807) is 18.9 Å². The van der Waals surface area contributed by atoms with Crippen molar-refractivity contribution in [3.8, 4) is 0 Å². The van der Waals surface area contributed by atoms with E-state index in [2.05, 4.69) is 26.0 Å². The highest BCUT2D eigenvalue weighted by Gasteiger charge is 2.36. The summed E-state index contributed by atoms with van der Waals surface area (Å²) >= 11 is 0. The maximum atomic E-state index is 5.92. The monoisotopic (exact) mass is 321 g/mol. The number of ether oxygens (including phenoxy) is 4. The normalized spacial score (nSPS) is 37.5. The quantitative estimate of drug-likeness (QED) is 0.609. The maximum Gasteiger partial charge on any atom is 0.177 e. The molecule has 1 aromatic heterocycles. The summed E-state index contributed by atoms with van der Waals surface area (Å²) in [5.41, 5.74) is 0.965. The fourth-order valence-electron chi connectivity index (χ4n) is 3.67. The Labute approximate surface area is 138 Å². The second-order valence-corrected chi connectivity index (χ2v) is 6.68. The molecule has 23 heavy (non-hydrogen) atoms. The summed E-state index contributed by atoms with van der Waals surface area (Å²) in [6, 6.07) is 0.444. The molecule has 0 spiro atoms. The van der Waals surface area contributed by atoms with Crippen LogP contribution >= 0.6 is 0 Å². The smallest absolute Gasteiger partial charge is 0.177 e. The lowest BCUT2D eigenvalue weighted by Crippen LogP contribution is -2.24. The molecule has 7 nitrogen and oxygen atoms in total. The zero-order valence-corrected chi connectivity index (χ0v) is 14.3. The van der Waals surface area contributed by atoms with E-state index in [4.69, 9.17) is 18.9 Å². The first-order valence-corrected chi connectivity index (χ1v) is 8.34. The highest BCUT2D eigenvalue weighted by molar-refractivity contribution is 6.11. The highest BCUT2D eigenvalue weighted by Crippen LogP contribution is 2.31. The fraction of sp³-hybridized carbons (Fsp3) is 0.857. The van der Waals surface area contributed by atoms with Crippen LogP contribution < -0.4 is 0 Å². The Hall–Kier alpha value is -0.890. The standard InChI is InChI=1S/C14H25B2N3O4/c1-20-7-11-8(4-12(15)22-11)3-9-6-19(18-17-9)14-10(21-2)5-13(16)23-14/h6,8,10-14H,3-5,7,15-16H2,1-2H3/t8?,10?,11-,12-,13-,14+/m1/s1. The Kier molecular flexibility index (Phi) is 5.41. The summed E-state index contributed by atoms with van der Waals surface area (Å²) in [5.74, 6) is 0.414. The summed E-state index contributed by atoms with van der Waals surface area (Å²) in [6.45, 7) is 0.623. The van der Waals surface area contributed by atoms with Gasteiger partial charge in [0.05, 0.1) is 24.6 Å². The molecule has 1 aromatic rings. The second-order valence-electron chi connectivity index (χ2n) is 6.68. The van der Waals surface area contributed by atoms with Gasteiger partial charge in [0, 0.05) is 26.2 Å². The number of hydrogen-bond acceptors (Lipinski definition) is 6. The van der Waals surface area contributed by atoms with Gasteiger partial charge in [-0.3, -0.25) is 0 Å². The molecule has 0 bridgehead atoms. The SMILES string of the molecule is B[C@H]1CC(Cc2cn([C@H]3O[C@@H](B)CC3OC)nn2)[C@@H](COC)O1. The Morgan fingerprint density at radius 2 is 2.04 bits per heavy atom. The van der Waals surface area contributed by atoms with Gasteiger partial charge in [0.15, 0.2) is 6.23 Å². The first-order valence-electron chi connectivity index (χ1n) is 8.34. The molecular weight excluding hydrogens is 296 g/mol. The van der Waals surface area contributed by atoms with Crippen LogP contribution in [0.4, 0.5) is 0 Å². The topological polar surface area (TPSA) is 67.6 Å². The summed E-state index contributed by atoms with van der Waals surface area (Å²) in [4.78, 5) is 0. The van der Waals surface area contributed by atoms with E-state index in [0.29, 0.717) is 12.5 Å². The molecule has 2 aliphatic heterocycles. The number of methoxy groups -OCH3 is 2. The van der Waals surface area contributed by atoms with Crippen molar-refractivity contribution in [2.75, 3.05) is 20.8 Å². The van der Waals surface area contributed by atoms with E-state index in [9.17, 15) is 0 Å². The Balaban J connectivity index is 1.65. The first-order chi connectivity index (χ1) is 11.1. The molecule has 9 heteroatoms. The molecule has 0 radical (unpaired) electrons. The third kappa shape index (κ3) is 3.79. The van der Waals surface area contributed by atoms with Crippen molar-refractivity contribution in [3.63, 3.8) is 0 Å². The van der Waals surface area contributed by atoms with Crippen LogP contribution in [0.25, 0.3) is 0 Å². The molecule has 3 heterocycles. The second kappa shape index (κ2) is 7.34. The number of rotatable bonds is 6. The predicted octanol–water partition coefficient (Wildman–Crippen LogP) is -1.28. The largest absolute Gasteiger partial charge is 0.382 e. The van der Waals surface area contributed by atoms with Crippen LogP contribution in [-0.4, -0.2) is 75.7 Å². The Morgan fingerprint density at radius 3 is 2.78 bits per heavy atom. The van der Waals surface area contributed by atoms with Crippen LogP contribution in [-0.2, 0) is 25.4 Å². The van der Waals surface area contributed by atoms with E-state index >= 15 is 0 Å².